The maximum Gasteiger partial charge on any atom is 0.294 e. The molecule has 0 aliphatic heterocycles. The van der Waals surface area contributed by atoms with Crippen LogP contribution in [0.3, 0.4) is 0 Å². The number of hydrogen-bond donors (Lipinski definition) is 2. The molecule has 3 N–H and O–H groups in total. The molecule has 0 aliphatic rings. The van der Waals surface area contributed by atoms with Gasteiger partial charge in [0.25, 0.3) is 10.1 Å². The number of nitrogen functional groups attached to an aromatic ring is 1. The lowest BCUT2D eigenvalue weighted by molar-refractivity contribution is 0.481. The van der Waals surface area contributed by atoms with Crippen molar-refractivity contribution in [1.82, 2.24) is 0 Å². The van der Waals surface area contributed by atoms with Gasteiger partial charge in [0, 0.05) is 5.69 Å². The summed E-state index contributed by atoms with van der Waals surface area (Å²) in [5.74, 6) is 0. The van der Waals surface area contributed by atoms with Gasteiger partial charge in [-0.2, -0.15) is 8.42 Å². The van der Waals surface area contributed by atoms with E-state index in [1.54, 1.807) is 6.07 Å². The van der Waals surface area contributed by atoms with Crippen molar-refractivity contribution in [2.45, 2.75) is 56.8 Å². The fourth-order valence-corrected chi connectivity index (χ4v) is 2.87. The molecule has 0 unspecified atom stereocenters. The van der Waals surface area contributed by atoms with Crippen LogP contribution in [0.2, 0.25) is 0 Å². The fraction of sp³-hybridized carbons (Fsp3) is 0.571. The Balaban J connectivity index is 2.60. The maximum atomic E-state index is 11.3. The highest BCUT2D eigenvalue weighted by molar-refractivity contribution is 7.85. The molecule has 0 atom stereocenters. The third kappa shape index (κ3) is 5.61. The number of benzene rings is 1. The molecule has 0 aromatic heterocycles. The first kappa shape index (κ1) is 16.0. The van der Waals surface area contributed by atoms with Gasteiger partial charge in [0.05, 0.1) is 4.90 Å². The molecule has 5 heteroatoms. The summed E-state index contributed by atoms with van der Waals surface area (Å²) in [6.45, 7) is 2.17. The van der Waals surface area contributed by atoms with E-state index in [1.165, 1.54) is 31.4 Å². The first-order valence-electron chi connectivity index (χ1n) is 6.81. The second-order valence-corrected chi connectivity index (χ2v) is 6.25. The number of unbranched alkanes of at least 4 members (excludes halogenated alkanes) is 5. The van der Waals surface area contributed by atoms with Crippen LogP contribution >= 0.6 is 0 Å². The third-order valence-corrected chi connectivity index (χ3v) is 4.12. The first-order valence-corrected chi connectivity index (χ1v) is 8.25. The second kappa shape index (κ2) is 7.50. The van der Waals surface area contributed by atoms with Gasteiger partial charge in [-0.05, 0) is 36.6 Å². The van der Waals surface area contributed by atoms with Gasteiger partial charge in [0.1, 0.15) is 0 Å². The van der Waals surface area contributed by atoms with Gasteiger partial charge in [-0.25, -0.2) is 0 Å². The number of hydrogen-bond acceptors (Lipinski definition) is 3. The van der Waals surface area contributed by atoms with E-state index in [0.717, 1.165) is 19.3 Å². The van der Waals surface area contributed by atoms with Crippen molar-refractivity contribution in [1.29, 1.82) is 0 Å². The Bertz CT molecular complexity index is 497. The zero-order chi connectivity index (χ0) is 14.3. The van der Waals surface area contributed by atoms with Crippen molar-refractivity contribution in [3.8, 4) is 0 Å². The Morgan fingerprint density at radius 1 is 1.11 bits per heavy atom. The van der Waals surface area contributed by atoms with Crippen LogP contribution in [-0.2, 0) is 16.5 Å². The Labute approximate surface area is 115 Å². The van der Waals surface area contributed by atoms with E-state index in [2.05, 4.69) is 6.92 Å². The van der Waals surface area contributed by atoms with Crippen LogP contribution in [0.5, 0.6) is 0 Å². The summed E-state index contributed by atoms with van der Waals surface area (Å²) in [5, 5.41) is 0. The monoisotopic (exact) mass is 285 g/mol. The summed E-state index contributed by atoms with van der Waals surface area (Å²) >= 11 is 0. The van der Waals surface area contributed by atoms with Crippen LogP contribution in [0.1, 0.15) is 51.0 Å². The SMILES string of the molecule is CCCCCCCCc1cc(N)ccc1S(=O)(=O)O. The summed E-state index contributed by atoms with van der Waals surface area (Å²) in [5.41, 5.74) is 6.80. The van der Waals surface area contributed by atoms with E-state index in [1.807, 2.05) is 0 Å². The molecule has 0 saturated carbocycles. The fourth-order valence-electron chi connectivity index (χ4n) is 2.14. The van der Waals surface area contributed by atoms with Gasteiger partial charge in [0.2, 0.25) is 0 Å². The second-order valence-electron chi connectivity index (χ2n) is 4.86. The Hall–Kier alpha value is -1.07. The van der Waals surface area contributed by atoms with Crippen LogP contribution in [-0.4, -0.2) is 13.0 Å². The van der Waals surface area contributed by atoms with Crippen molar-refractivity contribution < 1.29 is 13.0 Å². The van der Waals surface area contributed by atoms with Crippen molar-refractivity contribution >= 4 is 15.8 Å². The van der Waals surface area contributed by atoms with Crippen LogP contribution in [0.15, 0.2) is 23.1 Å². The standard InChI is InChI=1S/C14H23NO3S/c1-2-3-4-5-6-7-8-12-11-13(15)9-10-14(12)19(16,17)18/h9-11H,2-8,15H2,1H3,(H,16,17,18). The van der Waals surface area contributed by atoms with Crippen LogP contribution in [0, 0.1) is 0 Å². The number of aryl methyl sites for hydroxylation is 1. The molecule has 0 fully saturated rings. The maximum absolute atomic E-state index is 11.3. The summed E-state index contributed by atoms with van der Waals surface area (Å²) in [7, 11) is -4.16. The first-order chi connectivity index (χ1) is 8.95. The number of nitrogens with two attached hydrogens (primary N) is 1. The molecule has 0 aliphatic carbocycles. The molecule has 0 radical (unpaired) electrons. The van der Waals surface area contributed by atoms with Crippen LogP contribution in [0.25, 0.3) is 0 Å². The molecule has 108 valence electrons. The van der Waals surface area contributed by atoms with Gasteiger partial charge >= 0.3 is 0 Å². The lowest BCUT2D eigenvalue weighted by Gasteiger charge is -2.08. The molecule has 1 aromatic rings. The molecule has 0 bridgehead atoms. The minimum absolute atomic E-state index is 0.0183. The predicted molar refractivity (Wildman–Crippen MR) is 77.7 cm³/mol. The Kier molecular flexibility index (Phi) is 6.31. The number of anilines is 1. The van der Waals surface area contributed by atoms with Gasteiger partial charge in [-0.3, -0.25) is 4.55 Å². The summed E-state index contributed by atoms with van der Waals surface area (Å²) in [6.07, 6.45) is 7.45. The molecule has 0 saturated heterocycles. The highest BCUT2D eigenvalue weighted by Crippen LogP contribution is 2.21. The minimum Gasteiger partial charge on any atom is -0.399 e. The molecule has 1 rings (SSSR count). The molecule has 0 amide bonds. The Morgan fingerprint density at radius 2 is 1.74 bits per heavy atom. The van der Waals surface area contributed by atoms with Crippen molar-refractivity contribution in [3.63, 3.8) is 0 Å². The van der Waals surface area contributed by atoms with E-state index in [-0.39, 0.29) is 4.90 Å². The Morgan fingerprint density at radius 3 is 2.37 bits per heavy atom. The number of rotatable bonds is 8. The van der Waals surface area contributed by atoms with E-state index >= 15 is 0 Å². The highest BCUT2D eigenvalue weighted by atomic mass is 32.2. The molecule has 0 spiro atoms. The average molecular weight is 285 g/mol. The summed E-state index contributed by atoms with van der Waals surface area (Å²) < 4.78 is 31.7. The van der Waals surface area contributed by atoms with Crippen molar-refractivity contribution in [3.05, 3.63) is 23.8 Å². The summed E-state index contributed by atoms with van der Waals surface area (Å²) in [6, 6.07) is 4.50. The molecule has 0 heterocycles. The van der Waals surface area contributed by atoms with Gasteiger partial charge in [-0.15, -0.1) is 0 Å². The largest absolute Gasteiger partial charge is 0.399 e. The predicted octanol–water partition coefficient (Wildman–Crippen LogP) is 3.42. The van der Waals surface area contributed by atoms with E-state index < -0.39 is 10.1 Å². The topological polar surface area (TPSA) is 80.4 Å². The zero-order valence-electron chi connectivity index (χ0n) is 11.4. The van der Waals surface area contributed by atoms with Gasteiger partial charge in [0.15, 0.2) is 0 Å². The van der Waals surface area contributed by atoms with E-state index in [9.17, 15) is 8.42 Å². The normalized spacial score (nSPS) is 11.7. The smallest absolute Gasteiger partial charge is 0.294 e. The average Bonchev–Trinajstić information content (AvgIpc) is 2.32. The van der Waals surface area contributed by atoms with Crippen LogP contribution in [0.4, 0.5) is 5.69 Å². The van der Waals surface area contributed by atoms with Crippen molar-refractivity contribution in [2.75, 3.05) is 5.73 Å². The molecule has 1 aromatic carbocycles. The molecule has 19 heavy (non-hydrogen) atoms. The summed E-state index contributed by atoms with van der Waals surface area (Å²) in [4.78, 5) is -0.0183. The van der Waals surface area contributed by atoms with Crippen molar-refractivity contribution in [2.24, 2.45) is 0 Å². The lowest BCUT2D eigenvalue weighted by Crippen LogP contribution is -2.04. The highest BCUT2D eigenvalue weighted by Gasteiger charge is 2.14. The molecular formula is C14H23NO3S. The lowest BCUT2D eigenvalue weighted by atomic mass is 10.0. The quantitative estimate of drug-likeness (QED) is 0.435. The zero-order valence-corrected chi connectivity index (χ0v) is 12.2. The molecular weight excluding hydrogens is 262 g/mol. The third-order valence-electron chi connectivity index (χ3n) is 3.16. The van der Waals surface area contributed by atoms with Gasteiger partial charge in [-0.1, -0.05) is 39.0 Å². The molecule has 4 nitrogen and oxygen atoms in total. The van der Waals surface area contributed by atoms with E-state index in [4.69, 9.17) is 10.3 Å². The van der Waals surface area contributed by atoms with E-state index in [0.29, 0.717) is 17.7 Å². The minimum atomic E-state index is -4.16. The van der Waals surface area contributed by atoms with Crippen LogP contribution < -0.4 is 5.73 Å². The van der Waals surface area contributed by atoms with Gasteiger partial charge < -0.3 is 5.73 Å².